The summed E-state index contributed by atoms with van der Waals surface area (Å²) in [5.41, 5.74) is 1.66. The van der Waals surface area contributed by atoms with Gasteiger partial charge in [0, 0.05) is 16.2 Å². The van der Waals surface area contributed by atoms with Crippen LogP contribution in [0.5, 0.6) is 5.75 Å². The van der Waals surface area contributed by atoms with Crippen molar-refractivity contribution in [2.45, 2.75) is 10.5 Å². The van der Waals surface area contributed by atoms with E-state index >= 15 is 0 Å². The standard InChI is InChI=1S/C23H21NO2S/c1-25-20-14-12-18(13-15-20)22-24-16-23(26-22,19-8-4-2-5-9-19)17-27-21-10-6-3-7-11-21/h2-15H,16-17H2,1H3. The maximum absolute atomic E-state index is 6.50. The van der Waals surface area contributed by atoms with Crippen molar-refractivity contribution >= 4 is 17.7 Å². The van der Waals surface area contributed by atoms with Gasteiger partial charge in [-0.05, 0) is 42.0 Å². The maximum Gasteiger partial charge on any atom is 0.217 e. The smallest absolute Gasteiger partial charge is 0.217 e. The normalized spacial score (nSPS) is 18.6. The summed E-state index contributed by atoms with van der Waals surface area (Å²) < 4.78 is 11.8. The zero-order valence-corrected chi connectivity index (χ0v) is 16.0. The zero-order valence-electron chi connectivity index (χ0n) is 15.2. The van der Waals surface area contributed by atoms with Crippen molar-refractivity contribution in [2.75, 3.05) is 19.4 Å². The highest BCUT2D eigenvalue weighted by Gasteiger charge is 2.40. The average molecular weight is 375 g/mol. The van der Waals surface area contributed by atoms with Crippen molar-refractivity contribution in [1.29, 1.82) is 0 Å². The van der Waals surface area contributed by atoms with Gasteiger partial charge in [0.2, 0.25) is 5.90 Å². The van der Waals surface area contributed by atoms with E-state index in [-0.39, 0.29) is 0 Å². The van der Waals surface area contributed by atoms with E-state index < -0.39 is 5.60 Å². The van der Waals surface area contributed by atoms with E-state index in [9.17, 15) is 0 Å². The highest BCUT2D eigenvalue weighted by Crippen LogP contribution is 2.37. The second-order valence-electron chi connectivity index (χ2n) is 6.41. The van der Waals surface area contributed by atoms with E-state index in [0.29, 0.717) is 12.4 Å². The van der Waals surface area contributed by atoms with Crippen LogP contribution >= 0.6 is 11.8 Å². The van der Waals surface area contributed by atoms with Crippen LogP contribution in [0.15, 0.2) is 94.8 Å². The van der Waals surface area contributed by atoms with Crippen molar-refractivity contribution in [3.63, 3.8) is 0 Å². The molecule has 1 unspecified atom stereocenters. The molecule has 1 aliphatic rings. The molecule has 4 rings (SSSR count). The molecule has 0 amide bonds. The molecule has 27 heavy (non-hydrogen) atoms. The fourth-order valence-corrected chi connectivity index (χ4v) is 4.17. The summed E-state index contributed by atoms with van der Waals surface area (Å²) in [5.74, 6) is 2.31. The Hall–Kier alpha value is -2.72. The van der Waals surface area contributed by atoms with Crippen molar-refractivity contribution in [2.24, 2.45) is 4.99 Å². The van der Waals surface area contributed by atoms with Gasteiger partial charge < -0.3 is 9.47 Å². The van der Waals surface area contributed by atoms with E-state index in [1.54, 1.807) is 18.9 Å². The van der Waals surface area contributed by atoms with Gasteiger partial charge >= 0.3 is 0 Å². The summed E-state index contributed by atoms with van der Waals surface area (Å²) in [6.45, 7) is 0.609. The highest BCUT2D eigenvalue weighted by atomic mass is 32.2. The second kappa shape index (κ2) is 7.89. The minimum absolute atomic E-state index is 0.461. The Morgan fingerprint density at radius 2 is 1.59 bits per heavy atom. The zero-order chi connectivity index (χ0) is 18.5. The van der Waals surface area contributed by atoms with Gasteiger partial charge in [-0.3, -0.25) is 0 Å². The van der Waals surface area contributed by atoms with Crippen LogP contribution in [0.25, 0.3) is 0 Å². The van der Waals surface area contributed by atoms with Crippen molar-refractivity contribution in [1.82, 2.24) is 0 Å². The van der Waals surface area contributed by atoms with Crippen LogP contribution in [0.3, 0.4) is 0 Å². The molecule has 0 fully saturated rings. The molecule has 136 valence electrons. The van der Waals surface area contributed by atoms with Crippen LogP contribution in [0.4, 0.5) is 0 Å². The maximum atomic E-state index is 6.50. The number of rotatable bonds is 6. The van der Waals surface area contributed by atoms with Crippen LogP contribution < -0.4 is 4.74 Å². The van der Waals surface area contributed by atoms with E-state index in [2.05, 4.69) is 48.5 Å². The number of benzene rings is 3. The number of thioether (sulfide) groups is 1. The molecule has 4 heteroatoms. The topological polar surface area (TPSA) is 30.8 Å². The molecular formula is C23H21NO2S. The minimum atomic E-state index is -0.461. The van der Waals surface area contributed by atoms with Gasteiger partial charge in [0.05, 0.1) is 13.7 Å². The lowest BCUT2D eigenvalue weighted by molar-refractivity contribution is 0.114. The fraction of sp³-hybridized carbons (Fsp3) is 0.174. The Bertz CT molecular complexity index is 910. The first-order valence-electron chi connectivity index (χ1n) is 8.90. The number of aliphatic imine (C=N–C) groups is 1. The molecule has 3 nitrogen and oxygen atoms in total. The number of ether oxygens (including phenoxy) is 2. The Morgan fingerprint density at radius 3 is 2.26 bits per heavy atom. The van der Waals surface area contributed by atoms with Crippen LogP contribution in [0, 0.1) is 0 Å². The fourth-order valence-electron chi connectivity index (χ4n) is 3.10. The highest BCUT2D eigenvalue weighted by molar-refractivity contribution is 7.99. The lowest BCUT2D eigenvalue weighted by atomic mass is 9.96. The summed E-state index contributed by atoms with van der Waals surface area (Å²) >= 11 is 1.80. The van der Waals surface area contributed by atoms with Crippen molar-refractivity contribution in [3.8, 4) is 5.75 Å². The summed E-state index contributed by atoms with van der Waals surface area (Å²) in [6.07, 6.45) is 0. The van der Waals surface area contributed by atoms with Crippen LogP contribution in [0.1, 0.15) is 11.1 Å². The monoisotopic (exact) mass is 375 g/mol. The molecule has 0 bridgehead atoms. The van der Waals surface area contributed by atoms with Crippen LogP contribution in [0.2, 0.25) is 0 Å². The third-order valence-corrected chi connectivity index (χ3v) is 5.84. The van der Waals surface area contributed by atoms with Crippen LogP contribution in [-0.4, -0.2) is 25.3 Å². The van der Waals surface area contributed by atoms with Gasteiger partial charge in [0.25, 0.3) is 0 Å². The summed E-state index contributed by atoms with van der Waals surface area (Å²) in [6, 6.07) is 28.6. The van der Waals surface area contributed by atoms with Gasteiger partial charge in [-0.2, -0.15) is 0 Å². The van der Waals surface area contributed by atoms with Crippen molar-refractivity contribution in [3.05, 3.63) is 96.1 Å². The molecule has 0 saturated heterocycles. The van der Waals surface area contributed by atoms with Gasteiger partial charge in [-0.15, -0.1) is 11.8 Å². The molecular weight excluding hydrogens is 354 g/mol. The van der Waals surface area contributed by atoms with E-state index in [0.717, 1.165) is 22.6 Å². The first-order chi connectivity index (χ1) is 13.3. The van der Waals surface area contributed by atoms with Crippen LogP contribution in [-0.2, 0) is 10.3 Å². The predicted octanol–water partition coefficient (Wildman–Crippen LogP) is 5.16. The quantitative estimate of drug-likeness (QED) is 0.558. The first kappa shape index (κ1) is 17.7. The summed E-state index contributed by atoms with van der Waals surface area (Å²) in [7, 11) is 1.67. The van der Waals surface area contributed by atoms with Gasteiger partial charge in [0.1, 0.15) is 5.75 Å². The molecule has 1 atom stereocenters. The number of methoxy groups -OCH3 is 1. The molecule has 0 N–H and O–H groups in total. The largest absolute Gasteiger partial charge is 0.497 e. The van der Waals surface area contributed by atoms with E-state index in [1.807, 2.05) is 36.4 Å². The Balaban J connectivity index is 1.58. The third kappa shape index (κ3) is 3.86. The summed E-state index contributed by atoms with van der Waals surface area (Å²) in [4.78, 5) is 5.97. The molecule has 0 radical (unpaired) electrons. The molecule has 3 aromatic carbocycles. The molecule has 1 heterocycles. The third-order valence-electron chi connectivity index (χ3n) is 4.62. The molecule has 1 aliphatic heterocycles. The Morgan fingerprint density at radius 1 is 0.926 bits per heavy atom. The Labute approximate surface area is 164 Å². The minimum Gasteiger partial charge on any atom is -0.497 e. The second-order valence-corrected chi connectivity index (χ2v) is 7.46. The van der Waals surface area contributed by atoms with Gasteiger partial charge in [-0.25, -0.2) is 4.99 Å². The SMILES string of the molecule is COc1ccc(C2=NCC(CSc3ccccc3)(c3ccccc3)O2)cc1. The predicted molar refractivity (Wildman–Crippen MR) is 111 cm³/mol. The lowest BCUT2D eigenvalue weighted by Crippen LogP contribution is -2.33. The van der Waals surface area contributed by atoms with E-state index in [4.69, 9.17) is 14.5 Å². The molecule has 0 aromatic heterocycles. The molecule has 0 saturated carbocycles. The molecule has 3 aromatic rings. The van der Waals surface area contributed by atoms with Gasteiger partial charge in [0.15, 0.2) is 5.60 Å². The number of nitrogens with zero attached hydrogens (tertiary/aromatic N) is 1. The van der Waals surface area contributed by atoms with Crippen molar-refractivity contribution < 1.29 is 9.47 Å². The molecule has 0 aliphatic carbocycles. The average Bonchev–Trinajstić information content (AvgIpc) is 3.19. The summed E-state index contributed by atoms with van der Waals surface area (Å²) in [5, 5.41) is 0. The lowest BCUT2D eigenvalue weighted by Gasteiger charge is -2.29. The van der Waals surface area contributed by atoms with E-state index in [1.165, 1.54) is 4.90 Å². The molecule has 0 spiro atoms. The Kier molecular flexibility index (Phi) is 5.16. The number of hydrogen-bond donors (Lipinski definition) is 0. The first-order valence-corrected chi connectivity index (χ1v) is 9.89. The van der Waals surface area contributed by atoms with Gasteiger partial charge in [-0.1, -0.05) is 48.5 Å². The number of hydrogen-bond acceptors (Lipinski definition) is 4.